The standard InChI is InChI=1S/C44H63N7O9/c1-11-31(46-39(55)58-42(2,3)4)35(52)48-34-29(26-45-38(49-40(56)59-43(5,6)7)50-41(57)60-44(8,9)10)22-23-30-24-25-32(51(30)37(34)54)36(53)47-33(27-18-14-12-15-19-27)28-20-16-13-17-21-28/h12-21,29-34H,11,22-26H2,1-10H3,(H,46,55)(H,47,53)(H,48,52)(H2,45,49,50,56,57)/t29-,30+,31+,32+,34+/m1/s1. The molecular weight excluding hydrogens is 771 g/mol. The molecule has 16 heteroatoms. The summed E-state index contributed by atoms with van der Waals surface area (Å²) in [7, 11) is 0. The molecule has 5 atom stereocenters. The fourth-order valence-electron chi connectivity index (χ4n) is 7.15. The van der Waals surface area contributed by atoms with Crippen molar-refractivity contribution in [2.24, 2.45) is 10.9 Å². The average molecular weight is 834 g/mol. The van der Waals surface area contributed by atoms with Crippen molar-refractivity contribution in [2.45, 2.75) is 148 Å². The van der Waals surface area contributed by atoms with Gasteiger partial charge in [-0.3, -0.25) is 19.7 Å². The molecule has 328 valence electrons. The molecule has 2 saturated heterocycles. The van der Waals surface area contributed by atoms with E-state index in [2.05, 4.69) is 31.6 Å². The van der Waals surface area contributed by atoms with Crippen LogP contribution in [0.5, 0.6) is 0 Å². The molecule has 2 aromatic rings. The average Bonchev–Trinajstić information content (AvgIpc) is 3.52. The maximum atomic E-state index is 14.9. The van der Waals surface area contributed by atoms with Crippen molar-refractivity contribution < 1.29 is 43.0 Å². The van der Waals surface area contributed by atoms with Crippen molar-refractivity contribution in [3.63, 3.8) is 0 Å². The van der Waals surface area contributed by atoms with E-state index in [1.54, 1.807) is 74.1 Å². The van der Waals surface area contributed by atoms with Crippen molar-refractivity contribution in [3.8, 4) is 0 Å². The molecule has 2 aliphatic heterocycles. The first-order valence-corrected chi connectivity index (χ1v) is 20.6. The predicted octanol–water partition coefficient (Wildman–Crippen LogP) is 5.86. The highest BCUT2D eigenvalue weighted by molar-refractivity contribution is 5.99. The molecule has 2 aliphatic rings. The maximum absolute atomic E-state index is 14.9. The van der Waals surface area contributed by atoms with Crippen LogP contribution in [-0.4, -0.2) is 94.4 Å². The molecule has 0 aliphatic carbocycles. The Morgan fingerprint density at radius 3 is 1.80 bits per heavy atom. The van der Waals surface area contributed by atoms with E-state index in [0.29, 0.717) is 25.7 Å². The molecule has 2 fully saturated rings. The number of amides is 6. The summed E-state index contributed by atoms with van der Waals surface area (Å²) >= 11 is 0. The predicted molar refractivity (Wildman–Crippen MR) is 226 cm³/mol. The van der Waals surface area contributed by atoms with Gasteiger partial charge in [0.15, 0.2) is 0 Å². The third kappa shape index (κ3) is 14.3. The van der Waals surface area contributed by atoms with Crippen LogP contribution >= 0.6 is 0 Å². The Morgan fingerprint density at radius 2 is 1.27 bits per heavy atom. The summed E-state index contributed by atoms with van der Waals surface area (Å²) in [5.74, 6) is -2.39. The number of aliphatic imine (C=N–C) groups is 1. The van der Waals surface area contributed by atoms with Gasteiger partial charge < -0.3 is 40.4 Å². The summed E-state index contributed by atoms with van der Waals surface area (Å²) in [6.07, 6.45) is -0.661. The van der Waals surface area contributed by atoms with Crippen LogP contribution in [-0.2, 0) is 28.6 Å². The summed E-state index contributed by atoms with van der Waals surface area (Å²) < 4.78 is 16.2. The van der Waals surface area contributed by atoms with E-state index < -0.39 is 77.0 Å². The SMILES string of the molecule is CC[C@H](NC(=O)OC(C)(C)C)C(=O)N[C@@H]1C(=O)N2[C@@H](CC[C@@H]1CN/C(=N/C(=O)OC(C)(C)C)NC(=O)OC(C)(C)C)CC[C@H]2C(=O)NC(c1ccccc1)c1ccccc1. The number of benzene rings is 2. The summed E-state index contributed by atoms with van der Waals surface area (Å²) in [5, 5.41) is 14.2. The Balaban J connectivity index is 1.66. The Labute approximate surface area is 353 Å². The van der Waals surface area contributed by atoms with Crippen LogP contribution in [0.15, 0.2) is 65.7 Å². The lowest BCUT2D eigenvalue weighted by atomic mass is 9.92. The zero-order valence-corrected chi connectivity index (χ0v) is 36.5. The molecule has 6 amide bonds. The normalized spacial score (nSPS) is 20.2. The molecule has 2 aromatic carbocycles. The largest absolute Gasteiger partial charge is 0.444 e. The van der Waals surface area contributed by atoms with Crippen LogP contribution in [0.25, 0.3) is 0 Å². The van der Waals surface area contributed by atoms with Gasteiger partial charge >= 0.3 is 18.3 Å². The van der Waals surface area contributed by atoms with E-state index in [1.807, 2.05) is 60.7 Å². The van der Waals surface area contributed by atoms with Crippen LogP contribution in [0.2, 0.25) is 0 Å². The molecule has 0 radical (unpaired) electrons. The lowest BCUT2D eigenvalue weighted by Gasteiger charge is -2.33. The van der Waals surface area contributed by atoms with Crippen LogP contribution in [0.3, 0.4) is 0 Å². The highest BCUT2D eigenvalue weighted by Crippen LogP contribution is 2.35. The minimum absolute atomic E-state index is 0.0636. The number of carbonyl (C=O) groups is 6. The van der Waals surface area contributed by atoms with Gasteiger partial charge in [-0.25, -0.2) is 14.4 Å². The Bertz CT molecular complexity index is 1810. The number of nitrogens with zero attached hydrogens (tertiary/aromatic N) is 2. The van der Waals surface area contributed by atoms with E-state index in [4.69, 9.17) is 14.2 Å². The number of guanidine groups is 1. The van der Waals surface area contributed by atoms with Crippen molar-refractivity contribution in [2.75, 3.05) is 6.54 Å². The fraction of sp³-hybridized carbons (Fsp3) is 0.568. The third-order valence-corrected chi connectivity index (χ3v) is 9.68. The van der Waals surface area contributed by atoms with E-state index >= 15 is 0 Å². The summed E-state index contributed by atoms with van der Waals surface area (Å²) in [6, 6.07) is 15.2. The first-order chi connectivity index (χ1) is 28.0. The lowest BCUT2D eigenvalue weighted by Crippen LogP contribution is -2.60. The quantitative estimate of drug-likeness (QED) is 0.110. The van der Waals surface area contributed by atoms with Gasteiger partial charge in [0.1, 0.15) is 34.9 Å². The van der Waals surface area contributed by atoms with E-state index in [1.165, 1.54) is 0 Å². The number of hydrogen-bond acceptors (Lipinski definition) is 9. The van der Waals surface area contributed by atoms with Crippen LogP contribution in [0.1, 0.15) is 119 Å². The lowest BCUT2D eigenvalue weighted by molar-refractivity contribution is -0.143. The number of rotatable bonds is 10. The second-order valence-corrected chi connectivity index (χ2v) is 18.1. The van der Waals surface area contributed by atoms with Gasteiger partial charge in [0.05, 0.1) is 6.04 Å². The number of hydrogen-bond donors (Lipinski definition) is 5. The van der Waals surface area contributed by atoms with Gasteiger partial charge in [0.2, 0.25) is 23.7 Å². The molecule has 0 aromatic heterocycles. The van der Waals surface area contributed by atoms with Gasteiger partial charge in [0.25, 0.3) is 0 Å². The molecular formula is C44H63N7O9. The van der Waals surface area contributed by atoms with E-state index in [-0.39, 0.29) is 30.9 Å². The first-order valence-electron chi connectivity index (χ1n) is 20.6. The molecule has 2 heterocycles. The maximum Gasteiger partial charge on any atom is 0.437 e. The Morgan fingerprint density at radius 1 is 0.733 bits per heavy atom. The van der Waals surface area contributed by atoms with Gasteiger partial charge in [-0.2, -0.15) is 0 Å². The number of fused-ring (bicyclic) bond motifs is 1. The highest BCUT2D eigenvalue weighted by Gasteiger charge is 2.48. The zero-order chi connectivity index (χ0) is 44.4. The Kier molecular flexibility index (Phi) is 15.7. The fourth-order valence-corrected chi connectivity index (χ4v) is 7.15. The van der Waals surface area contributed by atoms with Crippen molar-refractivity contribution in [3.05, 3.63) is 71.8 Å². The monoisotopic (exact) mass is 833 g/mol. The van der Waals surface area contributed by atoms with Gasteiger partial charge in [0, 0.05) is 18.5 Å². The molecule has 16 nitrogen and oxygen atoms in total. The van der Waals surface area contributed by atoms with Crippen LogP contribution in [0, 0.1) is 5.92 Å². The van der Waals surface area contributed by atoms with Gasteiger partial charge in [-0.15, -0.1) is 4.99 Å². The van der Waals surface area contributed by atoms with Crippen LogP contribution < -0.4 is 26.6 Å². The van der Waals surface area contributed by atoms with E-state index in [0.717, 1.165) is 11.1 Å². The van der Waals surface area contributed by atoms with E-state index in [9.17, 15) is 28.8 Å². The molecule has 0 bridgehead atoms. The topological polar surface area (TPSA) is 206 Å². The summed E-state index contributed by atoms with van der Waals surface area (Å²) in [5.41, 5.74) is -0.834. The molecule has 0 unspecified atom stereocenters. The number of ether oxygens (including phenoxy) is 3. The minimum atomic E-state index is -1.21. The second kappa shape index (κ2) is 20.1. The first kappa shape index (κ1) is 47.0. The van der Waals surface area contributed by atoms with Crippen LogP contribution in [0.4, 0.5) is 14.4 Å². The number of nitrogens with one attached hydrogen (secondary N) is 5. The number of alkyl carbamates (subject to hydrolysis) is 2. The third-order valence-electron chi connectivity index (χ3n) is 9.68. The van der Waals surface area contributed by atoms with Crippen molar-refractivity contribution in [1.82, 2.24) is 31.5 Å². The minimum Gasteiger partial charge on any atom is -0.444 e. The number of carbonyl (C=O) groups excluding carboxylic acids is 6. The van der Waals surface area contributed by atoms with Crippen molar-refractivity contribution >= 4 is 42.0 Å². The van der Waals surface area contributed by atoms with Gasteiger partial charge in [-0.1, -0.05) is 67.6 Å². The van der Waals surface area contributed by atoms with Crippen molar-refractivity contribution in [1.29, 1.82) is 0 Å². The highest BCUT2D eigenvalue weighted by atomic mass is 16.6. The Hall–Kier alpha value is -5.67. The zero-order valence-electron chi connectivity index (χ0n) is 36.5. The molecule has 60 heavy (non-hydrogen) atoms. The summed E-state index contributed by atoms with van der Waals surface area (Å²) in [4.78, 5) is 87.3. The van der Waals surface area contributed by atoms with Gasteiger partial charge in [-0.05, 0) is 106 Å². The molecule has 0 spiro atoms. The smallest absolute Gasteiger partial charge is 0.437 e. The second-order valence-electron chi connectivity index (χ2n) is 18.1. The summed E-state index contributed by atoms with van der Waals surface area (Å²) in [6.45, 7) is 16.8. The molecule has 5 N–H and O–H groups in total. The molecule has 0 saturated carbocycles. The molecule has 4 rings (SSSR count).